The molecule has 0 aromatic heterocycles. The van der Waals surface area contributed by atoms with Gasteiger partial charge in [0.25, 0.3) is 5.67 Å². The first-order valence-electron chi connectivity index (χ1n) is 3.82. The molecule has 0 aliphatic carbocycles. The van der Waals surface area contributed by atoms with Crippen molar-refractivity contribution in [2.75, 3.05) is 0 Å². The molecule has 0 N–H and O–H groups in total. The number of hydrogen-bond acceptors (Lipinski definition) is 0. The molecule has 0 spiro atoms. The lowest BCUT2D eigenvalue weighted by Gasteiger charge is -2.38. The highest BCUT2D eigenvalue weighted by Crippen LogP contribution is 2.54. The van der Waals surface area contributed by atoms with E-state index in [1.807, 2.05) is 0 Å². The zero-order chi connectivity index (χ0) is 12.7. The molecule has 0 heterocycles. The van der Waals surface area contributed by atoms with Gasteiger partial charge in [0.05, 0.1) is 0 Å². The number of rotatable bonds is 3. The molecule has 92 valence electrons. The van der Waals surface area contributed by atoms with Crippen molar-refractivity contribution in [1.29, 1.82) is 0 Å². The molecule has 0 aromatic carbocycles. The second-order valence-corrected chi connectivity index (χ2v) is 4.62. The number of hydrogen-bond donors (Lipinski definition) is 0. The van der Waals surface area contributed by atoms with E-state index in [0.717, 1.165) is 6.92 Å². The van der Waals surface area contributed by atoms with Gasteiger partial charge in [-0.1, -0.05) is 30.1 Å². The summed E-state index contributed by atoms with van der Waals surface area (Å²) < 4.78 is 72.2. The molecule has 0 fully saturated rings. The quantitative estimate of drug-likeness (QED) is 0.526. The molecule has 1 unspecified atom stereocenters. The average Bonchev–Trinajstić information content (AvgIpc) is 2.01. The summed E-state index contributed by atoms with van der Waals surface area (Å²) in [6.07, 6.45) is -6.47. The van der Waals surface area contributed by atoms with Gasteiger partial charge in [-0.15, -0.1) is 0 Å². The molecule has 0 rings (SSSR count). The maximum atomic E-state index is 13.1. The van der Waals surface area contributed by atoms with Gasteiger partial charge in [0.2, 0.25) is 0 Å². The molecule has 0 saturated carbocycles. The molecule has 0 saturated heterocycles. The Hall–Kier alpha value is 0.160. The lowest BCUT2D eigenvalue weighted by molar-refractivity contribution is -0.298. The van der Waals surface area contributed by atoms with Gasteiger partial charge >= 0.3 is 12.1 Å². The van der Waals surface area contributed by atoms with Crippen LogP contribution in [0.1, 0.15) is 20.3 Å². The maximum absolute atomic E-state index is 13.1. The van der Waals surface area contributed by atoms with Crippen LogP contribution >= 0.6 is 23.2 Å². The molecule has 8 heteroatoms. The first kappa shape index (κ1) is 15.2. The van der Waals surface area contributed by atoms with Crippen LogP contribution in [-0.4, -0.2) is 22.1 Å². The molecular formula is C7H8Cl2F6. The van der Waals surface area contributed by atoms with E-state index in [9.17, 15) is 26.3 Å². The normalized spacial score (nSPS) is 18.8. The zero-order valence-corrected chi connectivity index (χ0v) is 9.24. The van der Waals surface area contributed by atoms with E-state index < -0.39 is 28.5 Å². The second kappa shape index (κ2) is 3.87. The van der Waals surface area contributed by atoms with Crippen molar-refractivity contribution in [2.45, 2.75) is 42.4 Å². The van der Waals surface area contributed by atoms with Gasteiger partial charge in [0.1, 0.15) is 0 Å². The summed E-state index contributed by atoms with van der Waals surface area (Å²) >= 11 is 9.96. The third kappa shape index (κ3) is 2.30. The molecule has 0 aliphatic rings. The third-order valence-corrected chi connectivity index (χ3v) is 3.03. The fourth-order valence-electron chi connectivity index (χ4n) is 0.743. The Morgan fingerprint density at radius 2 is 1.27 bits per heavy atom. The molecular weight excluding hydrogens is 269 g/mol. The first-order valence-corrected chi connectivity index (χ1v) is 4.58. The molecule has 0 amide bonds. The van der Waals surface area contributed by atoms with Crippen molar-refractivity contribution in [3.8, 4) is 0 Å². The Kier molecular flexibility index (Phi) is 3.92. The number of halogens is 8. The first-order chi connectivity index (χ1) is 6.31. The molecule has 0 radical (unpaired) electrons. The van der Waals surface area contributed by atoms with E-state index in [1.165, 1.54) is 0 Å². The van der Waals surface area contributed by atoms with Crippen molar-refractivity contribution in [3.63, 3.8) is 0 Å². The van der Waals surface area contributed by atoms with Crippen molar-refractivity contribution in [2.24, 2.45) is 0 Å². The monoisotopic (exact) mass is 276 g/mol. The summed E-state index contributed by atoms with van der Waals surface area (Å²) in [4.78, 5) is 0. The smallest absolute Gasteiger partial charge is 0.227 e. The topological polar surface area (TPSA) is 0 Å². The highest BCUT2D eigenvalue weighted by molar-refractivity contribution is 6.49. The summed E-state index contributed by atoms with van der Waals surface area (Å²) in [5.74, 6) is -4.93. The van der Waals surface area contributed by atoms with E-state index in [2.05, 4.69) is 0 Å². The second-order valence-electron chi connectivity index (χ2n) is 3.13. The van der Waals surface area contributed by atoms with E-state index in [0.29, 0.717) is 0 Å². The lowest BCUT2D eigenvalue weighted by Crippen LogP contribution is -2.60. The Balaban J connectivity index is 5.38. The van der Waals surface area contributed by atoms with Gasteiger partial charge in [0.15, 0.2) is 4.33 Å². The predicted molar refractivity (Wildman–Crippen MR) is 45.2 cm³/mol. The van der Waals surface area contributed by atoms with Crippen LogP contribution in [-0.2, 0) is 0 Å². The summed E-state index contributed by atoms with van der Waals surface area (Å²) in [5.41, 5.74) is -4.78. The summed E-state index contributed by atoms with van der Waals surface area (Å²) in [6.45, 7) is 0.739. The van der Waals surface area contributed by atoms with Gasteiger partial charge in [-0.2, -0.15) is 22.0 Å². The molecule has 0 aromatic rings. The van der Waals surface area contributed by atoms with Crippen LogP contribution in [0.25, 0.3) is 0 Å². The van der Waals surface area contributed by atoms with Crippen LogP contribution < -0.4 is 0 Å². The zero-order valence-electron chi connectivity index (χ0n) is 7.73. The molecule has 1 atom stereocenters. The molecule has 15 heavy (non-hydrogen) atoms. The largest absolute Gasteiger partial charge is 0.428 e. The number of alkyl halides is 8. The van der Waals surface area contributed by atoms with Crippen LogP contribution in [0.2, 0.25) is 0 Å². The Morgan fingerprint density at radius 1 is 0.933 bits per heavy atom. The molecule has 0 bridgehead atoms. The minimum atomic E-state index is -5.75. The third-order valence-electron chi connectivity index (χ3n) is 2.03. The standard InChI is InChI=1S/C7H8Cl2F6/c1-3-5(8,9)6(11,12)4(2,10)7(13,14)15/h3H2,1-2H3. The lowest BCUT2D eigenvalue weighted by atomic mass is 9.94. The predicted octanol–water partition coefficient (Wildman–Crippen LogP) is 4.50. The Labute approximate surface area is 92.5 Å². The van der Waals surface area contributed by atoms with Crippen LogP contribution in [0.3, 0.4) is 0 Å². The van der Waals surface area contributed by atoms with Gasteiger partial charge in [0, 0.05) is 0 Å². The van der Waals surface area contributed by atoms with Gasteiger partial charge in [-0.05, 0) is 13.3 Å². The van der Waals surface area contributed by atoms with E-state index >= 15 is 0 Å². The molecule has 0 nitrogen and oxygen atoms in total. The summed E-state index contributed by atoms with van der Waals surface area (Å²) in [7, 11) is 0. The van der Waals surface area contributed by atoms with Gasteiger partial charge in [-0.3, -0.25) is 0 Å². The van der Waals surface area contributed by atoms with Crippen molar-refractivity contribution >= 4 is 23.2 Å². The minimum absolute atomic E-state index is 0.290. The average molecular weight is 277 g/mol. The Bertz CT molecular complexity index is 232. The van der Waals surface area contributed by atoms with Gasteiger partial charge in [-0.25, -0.2) is 4.39 Å². The summed E-state index contributed by atoms with van der Waals surface area (Å²) in [6, 6.07) is 0. The fourth-order valence-corrected chi connectivity index (χ4v) is 1.10. The van der Waals surface area contributed by atoms with Crippen LogP contribution in [0.4, 0.5) is 26.3 Å². The van der Waals surface area contributed by atoms with Crippen molar-refractivity contribution < 1.29 is 26.3 Å². The highest BCUT2D eigenvalue weighted by Gasteiger charge is 2.74. The minimum Gasteiger partial charge on any atom is -0.227 e. The van der Waals surface area contributed by atoms with Crippen LogP contribution in [0.5, 0.6) is 0 Å². The Morgan fingerprint density at radius 3 is 1.47 bits per heavy atom. The fraction of sp³-hybridized carbons (Fsp3) is 1.00. The van der Waals surface area contributed by atoms with E-state index in [-0.39, 0.29) is 6.92 Å². The van der Waals surface area contributed by atoms with Crippen LogP contribution in [0.15, 0.2) is 0 Å². The molecule has 0 aliphatic heterocycles. The SMILES string of the molecule is CCC(Cl)(Cl)C(F)(F)C(C)(F)C(F)(F)F. The van der Waals surface area contributed by atoms with Crippen molar-refractivity contribution in [1.82, 2.24) is 0 Å². The van der Waals surface area contributed by atoms with Crippen molar-refractivity contribution in [3.05, 3.63) is 0 Å². The van der Waals surface area contributed by atoms with Gasteiger partial charge < -0.3 is 0 Å². The van der Waals surface area contributed by atoms with E-state index in [4.69, 9.17) is 23.2 Å². The summed E-state index contributed by atoms with van der Waals surface area (Å²) in [5, 5.41) is 0. The highest BCUT2D eigenvalue weighted by atomic mass is 35.5. The maximum Gasteiger partial charge on any atom is 0.428 e. The van der Waals surface area contributed by atoms with Crippen LogP contribution in [0, 0.1) is 0 Å². The van der Waals surface area contributed by atoms with E-state index in [1.54, 1.807) is 0 Å².